The van der Waals surface area contributed by atoms with E-state index in [9.17, 15) is 4.39 Å². The zero-order chi connectivity index (χ0) is 6.97. The van der Waals surface area contributed by atoms with E-state index in [0.29, 0.717) is 5.92 Å². The maximum atomic E-state index is 12.7. The average Bonchev–Trinajstić information content (AvgIpc) is 2.68. The van der Waals surface area contributed by atoms with Gasteiger partial charge >= 0.3 is 0 Å². The van der Waals surface area contributed by atoms with Crippen LogP contribution in [0.15, 0.2) is 21.8 Å². The van der Waals surface area contributed by atoms with Crippen molar-refractivity contribution in [2.24, 2.45) is 5.92 Å². The molecule has 0 atom stereocenters. The van der Waals surface area contributed by atoms with Crippen LogP contribution in [0.4, 0.5) is 4.39 Å². The molecular weight excluding hydrogens is 242 g/mol. The Balaban J connectivity index is 2.22. The van der Waals surface area contributed by atoms with Crippen molar-refractivity contribution in [2.45, 2.75) is 12.8 Å². The zero-order valence-electron chi connectivity index (χ0n) is 5.48. The molecule has 0 spiro atoms. The summed E-state index contributed by atoms with van der Waals surface area (Å²) in [6.45, 7) is 0. The first-order valence-electron chi connectivity index (χ1n) is 3.40. The van der Waals surface area contributed by atoms with Crippen LogP contribution in [0.2, 0.25) is 0 Å². The summed E-state index contributed by atoms with van der Waals surface area (Å²) in [5.41, 5.74) is 1.23. The van der Waals surface area contributed by atoms with Crippen molar-refractivity contribution in [1.29, 1.82) is 0 Å². The van der Waals surface area contributed by atoms with E-state index in [1.165, 1.54) is 18.4 Å². The fraction of sp³-hybridized carbons (Fsp3) is 0.375. The Labute approximate surface area is 69.6 Å². The topological polar surface area (TPSA) is 0 Å². The van der Waals surface area contributed by atoms with Crippen LogP contribution in [0.1, 0.15) is 12.8 Å². The molecule has 1 fully saturated rings. The van der Waals surface area contributed by atoms with Crippen LogP contribution < -0.4 is 0 Å². The van der Waals surface area contributed by atoms with E-state index < -0.39 is 0 Å². The molecule has 2 heteroatoms. The second-order valence-electron chi connectivity index (χ2n) is 2.61. The first kappa shape index (κ1) is 6.70. The predicted molar refractivity (Wildman–Crippen MR) is 50.1 cm³/mol. The van der Waals surface area contributed by atoms with Crippen molar-refractivity contribution >= 4 is 24.5 Å². The predicted octanol–water partition coefficient (Wildman–Crippen LogP) is 2.92. The van der Waals surface area contributed by atoms with Gasteiger partial charge in [-0.05, 0) is 34.5 Å². The quantitative estimate of drug-likeness (QED) is 0.627. The third-order valence-electron chi connectivity index (χ3n) is 1.75. The van der Waals surface area contributed by atoms with E-state index in [-0.39, 0.29) is 24.5 Å². The molecule has 0 aromatic carbocycles. The minimum Gasteiger partial charge on any atom is -0.200 e. The maximum Gasteiger partial charge on any atom is 0.155 e. The van der Waals surface area contributed by atoms with Gasteiger partial charge in [0.15, 0.2) is 3.76 Å². The lowest BCUT2D eigenvalue weighted by Gasteiger charge is -1.99. The Morgan fingerprint density at radius 1 is 1.50 bits per heavy atom. The van der Waals surface area contributed by atoms with E-state index in [2.05, 4.69) is 6.08 Å². The van der Waals surface area contributed by atoms with Gasteiger partial charge < -0.3 is 0 Å². The monoisotopic (exact) mass is 250 g/mol. The van der Waals surface area contributed by atoms with Crippen molar-refractivity contribution in [3.8, 4) is 0 Å². The first-order chi connectivity index (χ1) is 4.86. The number of hydrogen-bond donors (Lipinski definition) is 0. The highest BCUT2D eigenvalue weighted by atomic mass is 127. The van der Waals surface area contributed by atoms with E-state index in [1.807, 2.05) is 4.08 Å². The minimum absolute atomic E-state index is 0.128. The minimum atomic E-state index is -0.380. The van der Waals surface area contributed by atoms with Gasteiger partial charge in [-0.1, -0.05) is 26.8 Å². The molecule has 54 valence electrons. The molecular formula is C8H8FI. The molecule has 0 N–H and O–H groups in total. The lowest BCUT2D eigenvalue weighted by atomic mass is 10.1. The number of halogens is 2. The second-order valence-corrected chi connectivity index (χ2v) is 4.98. The summed E-state index contributed by atoms with van der Waals surface area (Å²) in [5.74, 6) is 0.700. The molecule has 0 aromatic rings. The van der Waals surface area contributed by atoms with Crippen LogP contribution >= 0.6 is 20.7 Å². The molecule has 10 heavy (non-hydrogen) atoms. The molecule has 1 aliphatic carbocycles. The molecule has 0 saturated heterocycles. The van der Waals surface area contributed by atoms with Gasteiger partial charge in [0.25, 0.3) is 0 Å². The average molecular weight is 250 g/mol. The molecule has 0 bridgehead atoms. The first-order valence-corrected chi connectivity index (χ1v) is 5.73. The normalized spacial score (nSPS) is 24.9. The van der Waals surface area contributed by atoms with Crippen LogP contribution in [0.5, 0.6) is 0 Å². The highest BCUT2D eigenvalue weighted by molar-refractivity contribution is 14.2. The van der Waals surface area contributed by atoms with Gasteiger partial charge in [-0.15, -0.1) is 0 Å². The van der Waals surface area contributed by atoms with Gasteiger partial charge in [0, 0.05) is 0 Å². The van der Waals surface area contributed by atoms with E-state index >= 15 is 0 Å². The summed E-state index contributed by atoms with van der Waals surface area (Å²) >= 11 is -0.380. The van der Waals surface area contributed by atoms with Gasteiger partial charge in [0.1, 0.15) is 0 Å². The molecule has 0 amide bonds. The van der Waals surface area contributed by atoms with Gasteiger partial charge in [0.05, 0.1) is 0 Å². The highest BCUT2D eigenvalue weighted by Crippen LogP contribution is 2.38. The summed E-state index contributed by atoms with van der Waals surface area (Å²) in [6.07, 6.45) is 6.38. The van der Waals surface area contributed by atoms with Crippen molar-refractivity contribution in [3.05, 3.63) is 21.8 Å². The molecule has 2 rings (SSSR count). The molecule has 0 nitrogen and oxygen atoms in total. The van der Waals surface area contributed by atoms with Gasteiger partial charge in [-0.25, -0.2) is 4.39 Å². The van der Waals surface area contributed by atoms with E-state index in [1.54, 1.807) is 6.08 Å². The smallest absolute Gasteiger partial charge is 0.155 e. The van der Waals surface area contributed by atoms with Crippen molar-refractivity contribution in [3.63, 3.8) is 0 Å². The van der Waals surface area contributed by atoms with Crippen LogP contribution in [-0.2, 0) is 0 Å². The van der Waals surface area contributed by atoms with Crippen molar-refractivity contribution < 1.29 is 4.39 Å². The summed E-state index contributed by atoms with van der Waals surface area (Å²) in [5, 5.41) is 0. The Bertz CT molecular complexity index is 234. The number of rotatable bonds is 1. The Morgan fingerprint density at radius 3 is 2.90 bits per heavy atom. The fourth-order valence-corrected chi connectivity index (χ4v) is 2.52. The van der Waals surface area contributed by atoms with E-state index in [0.717, 1.165) is 0 Å². The third-order valence-corrected chi connectivity index (χ3v) is 3.37. The van der Waals surface area contributed by atoms with Gasteiger partial charge in [-0.2, -0.15) is 0 Å². The lowest BCUT2D eigenvalue weighted by Crippen LogP contribution is -1.87. The second kappa shape index (κ2) is 2.57. The summed E-state index contributed by atoms with van der Waals surface area (Å²) < 4.78 is 14.8. The van der Waals surface area contributed by atoms with Crippen LogP contribution in [0, 0.1) is 5.92 Å². The molecule has 0 unspecified atom stereocenters. The Morgan fingerprint density at radius 2 is 2.30 bits per heavy atom. The van der Waals surface area contributed by atoms with Gasteiger partial charge in [-0.3, -0.25) is 0 Å². The highest BCUT2D eigenvalue weighted by Gasteiger charge is 2.25. The zero-order valence-corrected chi connectivity index (χ0v) is 7.64. The van der Waals surface area contributed by atoms with Crippen molar-refractivity contribution in [1.82, 2.24) is 0 Å². The fourth-order valence-electron chi connectivity index (χ4n) is 1.04. The Hall–Kier alpha value is 0.0100. The molecule has 2 aliphatic rings. The molecule has 1 aliphatic heterocycles. The van der Waals surface area contributed by atoms with Crippen molar-refractivity contribution in [2.75, 3.05) is 0 Å². The molecule has 1 heterocycles. The van der Waals surface area contributed by atoms with Crippen LogP contribution in [-0.4, -0.2) is 3.76 Å². The summed E-state index contributed by atoms with van der Waals surface area (Å²) in [6, 6.07) is 0. The molecule has 0 radical (unpaired) electrons. The molecule has 1 saturated carbocycles. The number of allylic oxidation sites excluding steroid dienone is 3. The van der Waals surface area contributed by atoms with Crippen LogP contribution in [0.25, 0.3) is 0 Å². The number of hydrogen-bond acceptors (Lipinski definition) is 0. The summed E-state index contributed by atoms with van der Waals surface area (Å²) in [7, 11) is 0. The van der Waals surface area contributed by atoms with Gasteiger partial charge in [0.2, 0.25) is 0 Å². The summed E-state index contributed by atoms with van der Waals surface area (Å²) in [4.78, 5) is 0. The lowest BCUT2D eigenvalue weighted by molar-refractivity contribution is 0.836. The molecule has 0 aromatic heterocycles. The third kappa shape index (κ3) is 1.36. The van der Waals surface area contributed by atoms with E-state index in [4.69, 9.17) is 0 Å². The SMILES string of the molecule is FC1=IC=CC(C2CC2)=C1. The van der Waals surface area contributed by atoms with Crippen LogP contribution in [0.3, 0.4) is 0 Å². The standard InChI is InChI=1S/C8H8FI/c9-8-5-7(3-4-10-8)6-1-2-6/h3-6H,1-2H2. The maximum absolute atomic E-state index is 12.7. The largest absolute Gasteiger partial charge is 0.200 e. The Kier molecular flexibility index (Phi) is 1.72.